The molecule has 7 aromatic carbocycles. The first kappa shape index (κ1) is 30.9. The highest BCUT2D eigenvalue weighted by Gasteiger charge is 2.35. The van der Waals surface area contributed by atoms with E-state index in [-0.39, 0.29) is 11.5 Å². The number of nitrogens with zero attached hydrogens (tertiary/aromatic N) is 2. The van der Waals surface area contributed by atoms with Crippen molar-refractivity contribution in [3.63, 3.8) is 0 Å². The molecular formula is C52H38N2. The van der Waals surface area contributed by atoms with Crippen LogP contribution in [-0.4, -0.2) is 10.6 Å². The van der Waals surface area contributed by atoms with Crippen LogP contribution in [0.25, 0.3) is 60.9 Å². The molecule has 2 atom stereocenters. The highest BCUT2D eigenvalue weighted by atomic mass is 15.2. The monoisotopic (exact) mass is 690 g/mol. The molecule has 8 aromatic rings. The molecule has 2 heterocycles. The van der Waals surface area contributed by atoms with Crippen LogP contribution in [0.15, 0.2) is 194 Å². The summed E-state index contributed by atoms with van der Waals surface area (Å²) in [7, 11) is 0. The Labute approximate surface area is 315 Å². The fraction of sp³-hybridized carbons (Fsp3) is 0.0769. The number of fused-ring (bicyclic) bond motifs is 9. The Balaban J connectivity index is 0.999. The SMILES string of the molecule is CC1(C2=CC3C=C(C=C2)c2ccccc2N3c2ccc3c(ccc4ccccc43)c2)C=Cc2c(c3ccccc3n2-c2ccc(-c3ccccc3)cc2)C1. The van der Waals surface area contributed by atoms with Gasteiger partial charge in [-0.1, -0.05) is 153 Å². The van der Waals surface area contributed by atoms with Crippen molar-refractivity contribution < 1.29 is 0 Å². The molecule has 0 fully saturated rings. The van der Waals surface area contributed by atoms with Gasteiger partial charge in [0.05, 0.1) is 11.6 Å². The molecule has 2 aliphatic carbocycles. The Morgan fingerprint density at radius 1 is 0.556 bits per heavy atom. The van der Waals surface area contributed by atoms with Gasteiger partial charge in [-0.2, -0.15) is 0 Å². The van der Waals surface area contributed by atoms with Gasteiger partial charge in [0.25, 0.3) is 0 Å². The molecule has 1 aromatic heterocycles. The summed E-state index contributed by atoms with van der Waals surface area (Å²) in [5, 5.41) is 6.45. The number of benzene rings is 7. The molecule has 0 amide bonds. The first-order chi connectivity index (χ1) is 26.6. The second-order valence-corrected chi connectivity index (χ2v) is 15.2. The molecule has 0 saturated carbocycles. The molecule has 256 valence electrons. The van der Waals surface area contributed by atoms with E-state index >= 15 is 0 Å². The quantitative estimate of drug-likeness (QED) is 0.167. The van der Waals surface area contributed by atoms with Gasteiger partial charge >= 0.3 is 0 Å². The molecular weight excluding hydrogens is 653 g/mol. The number of rotatable bonds is 4. The second kappa shape index (κ2) is 11.9. The van der Waals surface area contributed by atoms with E-state index in [2.05, 4.69) is 211 Å². The van der Waals surface area contributed by atoms with Crippen LogP contribution in [0.2, 0.25) is 0 Å². The maximum Gasteiger partial charge on any atom is 0.0721 e. The Hall–Kier alpha value is -6.64. The van der Waals surface area contributed by atoms with E-state index < -0.39 is 0 Å². The maximum atomic E-state index is 2.53. The molecule has 1 aliphatic heterocycles. The van der Waals surface area contributed by atoms with Crippen molar-refractivity contribution in [3.05, 3.63) is 210 Å². The van der Waals surface area contributed by atoms with Crippen molar-refractivity contribution >= 4 is 55.5 Å². The van der Waals surface area contributed by atoms with Gasteiger partial charge < -0.3 is 9.47 Å². The molecule has 0 saturated heterocycles. The highest BCUT2D eigenvalue weighted by molar-refractivity contribution is 6.08. The predicted octanol–water partition coefficient (Wildman–Crippen LogP) is 13.3. The minimum atomic E-state index is -0.193. The molecule has 3 aliphatic rings. The van der Waals surface area contributed by atoms with Crippen LogP contribution in [0, 0.1) is 5.41 Å². The zero-order valence-electron chi connectivity index (χ0n) is 30.2. The van der Waals surface area contributed by atoms with E-state index in [9.17, 15) is 0 Å². The van der Waals surface area contributed by atoms with Crippen LogP contribution < -0.4 is 4.90 Å². The number of aromatic nitrogens is 1. The lowest BCUT2D eigenvalue weighted by Crippen LogP contribution is -2.32. The van der Waals surface area contributed by atoms with Gasteiger partial charge in [0.1, 0.15) is 0 Å². The van der Waals surface area contributed by atoms with Gasteiger partial charge in [0.2, 0.25) is 0 Å². The predicted molar refractivity (Wildman–Crippen MR) is 229 cm³/mol. The van der Waals surface area contributed by atoms with Crippen molar-refractivity contribution in [2.75, 3.05) is 4.90 Å². The zero-order valence-corrected chi connectivity index (χ0v) is 30.2. The second-order valence-electron chi connectivity index (χ2n) is 15.2. The number of para-hydroxylation sites is 2. The fourth-order valence-corrected chi connectivity index (χ4v) is 9.25. The number of hydrogen-bond donors (Lipinski definition) is 0. The minimum absolute atomic E-state index is 0.0638. The molecule has 2 heteroatoms. The summed E-state index contributed by atoms with van der Waals surface area (Å²) in [6, 6.07) is 57.7. The third-order valence-electron chi connectivity index (χ3n) is 12.0. The van der Waals surface area contributed by atoms with E-state index in [1.807, 2.05) is 0 Å². The van der Waals surface area contributed by atoms with Gasteiger partial charge in [0.15, 0.2) is 0 Å². The van der Waals surface area contributed by atoms with E-state index in [4.69, 9.17) is 0 Å². The summed E-state index contributed by atoms with van der Waals surface area (Å²) in [5.41, 5.74) is 13.7. The van der Waals surface area contributed by atoms with Gasteiger partial charge in [-0.25, -0.2) is 0 Å². The van der Waals surface area contributed by atoms with Gasteiger partial charge in [-0.05, 0) is 104 Å². The first-order valence-corrected chi connectivity index (χ1v) is 19.0. The number of anilines is 2. The molecule has 0 spiro atoms. The Morgan fingerprint density at radius 3 is 2.15 bits per heavy atom. The van der Waals surface area contributed by atoms with E-state index in [1.165, 1.54) is 88.6 Å². The normalized spacial score (nSPS) is 18.7. The molecule has 11 rings (SSSR count). The summed E-state index contributed by atoms with van der Waals surface area (Å²) >= 11 is 0. The van der Waals surface area contributed by atoms with Crippen molar-refractivity contribution in [2.24, 2.45) is 5.41 Å². The Morgan fingerprint density at radius 2 is 1.26 bits per heavy atom. The van der Waals surface area contributed by atoms with Gasteiger partial charge in [-0.3, -0.25) is 0 Å². The van der Waals surface area contributed by atoms with Crippen molar-refractivity contribution in [2.45, 2.75) is 19.4 Å². The van der Waals surface area contributed by atoms with Crippen LogP contribution in [0.4, 0.5) is 11.4 Å². The lowest BCUT2D eigenvalue weighted by atomic mass is 9.72. The zero-order chi connectivity index (χ0) is 35.8. The number of allylic oxidation sites excluding steroid dienone is 5. The summed E-state index contributed by atoms with van der Waals surface area (Å²) in [5.74, 6) is 0. The third-order valence-corrected chi connectivity index (χ3v) is 12.0. The maximum absolute atomic E-state index is 2.53. The average Bonchev–Trinajstić information content (AvgIpc) is 3.41. The minimum Gasteiger partial charge on any atom is -0.330 e. The van der Waals surface area contributed by atoms with Crippen LogP contribution in [0.5, 0.6) is 0 Å². The standard InChI is InChI=1S/C52H38N2/c1-52(30-29-51-48(34-52)47-16-8-10-18-50(47)54(51)41-25-22-36(23-26-41)35-11-3-2-4-12-35)40-24-21-39-32-43(33-40)53(49-17-9-7-15-46(39)49)42-27-28-45-38(31-42)20-19-37-13-5-6-14-44(37)45/h2-33,43H,34H2,1H3. The fourth-order valence-electron chi connectivity index (χ4n) is 9.25. The van der Waals surface area contributed by atoms with Gasteiger partial charge in [-0.15, -0.1) is 0 Å². The van der Waals surface area contributed by atoms with Crippen LogP contribution in [-0.2, 0) is 6.42 Å². The smallest absolute Gasteiger partial charge is 0.0721 e. The lowest BCUT2D eigenvalue weighted by Gasteiger charge is -2.37. The molecule has 0 radical (unpaired) electrons. The largest absolute Gasteiger partial charge is 0.330 e. The molecule has 2 unspecified atom stereocenters. The van der Waals surface area contributed by atoms with E-state index in [0.717, 1.165) is 6.42 Å². The van der Waals surface area contributed by atoms with Gasteiger partial charge in [0, 0.05) is 39.1 Å². The molecule has 2 bridgehead atoms. The molecule has 54 heavy (non-hydrogen) atoms. The first-order valence-electron chi connectivity index (χ1n) is 19.0. The Kier molecular flexibility index (Phi) is 6.84. The summed E-state index contributed by atoms with van der Waals surface area (Å²) in [6.45, 7) is 2.42. The summed E-state index contributed by atoms with van der Waals surface area (Å²) < 4.78 is 2.45. The summed E-state index contributed by atoms with van der Waals surface area (Å²) in [4.78, 5) is 2.53. The topological polar surface area (TPSA) is 8.17 Å². The van der Waals surface area contributed by atoms with E-state index in [0.29, 0.717) is 0 Å². The third kappa shape index (κ3) is 4.80. The lowest BCUT2D eigenvalue weighted by molar-refractivity contribution is 0.518. The molecule has 0 N–H and O–H groups in total. The Bertz CT molecular complexity index is 2920. The summed E-state index contributed by atoms with van der Waals surface area (Å²) in [6.07, 6.45) is 15.5. The highest BCUT2D eigenvalue weighted by Crippen LogP contribution is 2.48. The van der Waals surface area contributed by atoms with Crippen molar-refractivity contribution in [3.8, 4) is 16.8 Å². The average molecular weight is 691 g/mol. The van der Waals surface area contributed by atoms with E-state index in [1.54, 1.807) is 0 Å². The van der Waals surface area contributed by atoms with Crippen molar-refractivity contribution in [1.29, 1.82) is 0 Å². The van der Waals surface area contributed by atoms with Crippen molar-refractivity contribution in [1.82, 2.24) is 4.57 Å². The van der Waals surface area contributed by atoms with Crippen LogP contribution in [0.1, 0.15) is 23.7 Å². The number of hydrogen-bond acceptors (Lipinski definition) is 1. The van der Waals surface area contributed by atoms with Crippen LogP contribution in [0.3, 0.4) is 0 Å². The molecule has 2 nitrogen and oxygen atoms in total. The van der Waals surface area contributed by atoms with Crippen LogP contribution >= 0.6 is 0 Å².